The predicted octanol–water partition coefficient (Wildman–Crippen LogP) is 3.85. The number of amides is 2. The molecule has 0 heterocycles. The van der Waals surface area contributed by atoms with Gasteiger partial charge in [-0.05, 0) is 24.3 Å². The quantitative estimate of drug-likeness (QED) is 0.586. The van der Waals surface area contributed by atoms with Crippen LogP contribution in [0.15, 0.2) is 53.4 Å². The zero-order valence-electron chi connectivity index (χ0n) is 13.3. The summed E-state index contributed by atoms with van der Waals surface area (Å²) in [5.74, 6) is -2.06. The Kier molecular flexibility index (Phi) is 6.62. The monoisotopic (exact) mass is 386 g/mol. The van der Waals surface area contributed by atoms with Crippen LogP contribution in [0.3, 0.4) is 0 Å². The third kappa shape index (κ3) is 6.07. The second kappa shape index (κ2) is 8.70. The number of alkyl halides is 3. The molecule has 2 rings (SSSR count). The highest BCUT2D eigenvalue weighted by Crippen LogP contribution is 2.22. The van der Waals surface area contributed by atoms with Crippen molar-refractivity contribution >= 4 is 29.3 Å². The largest absolute Gasteiger partial charge is 0.405 e. The molecule has 4 nitrogen and oxygen atoms in total. The lowest BCUT2D eigenvalue weighted by molar-refractivity contribution is -0.123. The molecule has 0 saturated carbocycles. The summed E-state index contributed by atoms with van der Waals surface area (Å²) >= 11 is 0.966. The average molecular weight is 386 g/mol. The van der Waals surface area contributed by atoms with E-state index in [9.17, 15) is 27.2 Å². The first kappa shape index (κ1) is 19.8. The van der Waals surface area contributed by atoms with Crippen molar-refractivity contribution in [1.29, 1.82) is 0 Å². The fourth-order valence-electron chi connectivity index (χ4n) is 1.96. The lowest BCUT2D eigenvalue weighted by atomic mass is 10.1. The van der Waals surface area contributed by atoms with Crippen LogP contribution in [-0.4, -0.2) is 30.3 Å². The van der Waals surface area contributed by atoms with Gasteiger partial charge in [-0.3, -0.25) is 9.59 Å². The molecule has 2 aromatic rings. The van der Waals surface area contributed by atoms with Crippen molar-refractivity contribution in [3.63, 3.8) is 0 Å². The molecular weight excluding hydrogens is 372 g/mol. The van der Waals surface area contributed by atoms with Crippen LogP contribution in [-0.2, 0) is 4.79 Å². The maximum Gasteiger partial charge on any atom is 0.405 e. The topological polar surface area (TPSA) is 58.2 Å². The second-order valence-electron chi connectivity index (χ2n) is 5.11. The van der Waals surface area contributed by atoms with Crippen molar-refractivity contribution in [2.45, 2.75) is 11.1 Å². The minimum absolute atomic E-state index is 0.0753. The maximum absolute atomic E-state index is 13.5. The van der Waals surface area contributed by atoms with Crippen molar-refractivity contribution in [3.8, 4) is 0 Å². The summed E-state index contributed by atoms with van der Waals surface area (Å²) in [5.41, 5.74) is -0.0210. The van der Waals surface area contributed by atoms with Crippen LogP contribution in [0.5, 0.6) is 0 Å². The molecule has 26 heavy (non-hydrogen) atoms. The van der Waals surface area contributed by atoms with E-state index in [0.29, 0.717) is 4.90 Å². The molecule has 2 amide bonds. The summed E-state index contributed by atoms with van der Waals surface area (Å²) in [6.07, 6.45) is -4.54. The Bertz CT molecular complexity index is 796. The van der Waals surface area contributed by atoms with E-state index in [-0.39, 0.29) is 17.0 Å². The molecule has 0 aromatic heterocycles. The van der Waals surface area contributed by atoms with Gasteiger partial charge in [-0.1, -0.05) is 24.3 Å². The third-order valence-corrected chi connectivity index (χ3v) is 4.14. The summed E-state index contributed by atoms with van der Waals surface area (Å²) in [6.45, 7) is -1.47. The van der Waals surface area contributed by atoms with Crippen molar-refractivity contribution in [2.75, 3.05) is 17.6 Å². The van der Waals surface area contributed by atoms with Gasteiger partial charge in [0.2, 0.25) is 5.91 Å². The van der Waals surface area contributed by atoms with Crippen LogP contribution in [0.1, 0.15) is 10.4 Å². The minimum atomic E-state index is -4.54. The van der Waals surface area contributed by atoms with E-state index in [1.54, 1.807) is 11.4 Å². The molecule has 0 spiro atoms. The summed E-state index contributed by atoms with van der Waals surface area (Å²) in [4.78, 5) is 24.2. The highest BCUT2D eigenvalue weighted by atomic mass is 32.2. The van der Waals surface area contributed by atoms with Crippen molar-refractivity contribution in [2.24, 2.45) is 0 Å². The maximum atomic E-state index is 13.5. The zero-order valence-corrected chi connectivity index (χ0v) is 14.1. The molecule has 0 radical (unpaired) electrons. The molecule has 0 fully saturated rings. The smallest absolute Gasteiger partial charge is 0.343 e. The molecule has 2 N–H and O–H groups in total. The Hall–Kier alpha value is -2.55. The van der Waals surface area contributed by atoms with Crippen LogP contribution >= 0.6 is 11.8 Å². The Labute approximate surface area is 151 Å². The first-order chi connectivity index (χ1) is 12.3. The third-order valence-electron chi connectivity index (χ3n) is 3.09. The van der Waals surface area contributed by atoms with E-state index in [1.165, 1.54) is 42.5 Å². The van der Waals surface area contributed by atoms with E-state index in [0.717, 1.165) is 11.8 Å². The summed E-state index contributed by atoms with van der Waals surface area (Å²) in [7, 11) is 0. The van der Waals surface area contributed by atoms with Gasteiger partial charge in [-0.25, -0.2) is 4.39 Å². The van der Waals surface area contributed by atoms with Gasteiger partial charge in [0, 0.05) is 4.90 Å². The molecule has 0 saturated heterocycles. The summed E-state index contributed by atoms with van der Waals surface area (Å²) in [5, 5.41) is 4.20. The predicted molar refractivity (Wildman–Crippen MR) is 90.6 cm³/mol. The van der Waals surface area contributed by atoms with Gasteiger partial charge in [-0.2, -0.15) is 13.2 Å². The van der Waals surface area contributed by atoms with Crippen LogP contribution in [0.4, 0.5) is 23.2 Å². The first-order valence-electron chi connectivity index (χ1n) is 7.37. The number of hydrogen-bond donors (Lipinski definition) is 2. The highest BCUT2D eigenvalue weighted by molar-refractivity contribution is 8.00. The number of rotatable bonds is 6. The Morgan fingerprint density at radius 1 is 1.00 bits per heavy atom. The molecule has 0 aliphatic heterocycles. The van der Waals surface area contributed by atoms with Crippen molar-refractivity contribution < 1.29 is 27.2 Å². The number of carbonyl (C=O) groups is 2. The van der Waals surface area contributed by atoms with E-state index in [1.807, 2.05) is 0 Å². The van der Waals surface area contributed by atoms with E-state index in [2.05, 4.69) is 5.32 Å². The van der Waals surface area contributed by atoms with Crippen molar-refractivity contribution in [3.05, 3.63) is 59.9 Å². The number of benzene rings is 2. The van der Waals surface area contributed by atoms with Gasteiger partial charge in [0.1, 0.15) is 12.4 Å². The van der Waals surface area contributed by atoms with E-state index in [4.69, 9.17) is 0 Å². The lowest BCUT2D eigenvalue weighted by Crippen LogP contribution is -2.34. The van der Waals surface area contributed by atoms with E-state index >= 15 is 0 Å². The van der Waals surface area contributed by atoms with E-state index < -0.39 is 30.4 Å². The number of para-hydroxylation sites is 1. The summed E-state index contributed by atoms with van der Waals surface area (Å²) in [6, 6.07) is 11.6. The van der Waals surface area contributed by atoms with Crippen LogP contribution in [0.25, 0.3) is 0 Å². The van der Waals surface area contributed by atoms with Gasteiger partial charge in [0.25, 0.3) is 5.91 Å². The first-order valence-corrected chi connectivity index (χ1v) is 8.36. The number of hydrogen-bond acceptors (Lipinski definition) is 3. The molecule has 2 aromatic carbocycles. The zero-order chi connectivity index (χ0) is 19.2. The van der Waals surface area contributed by atoms with Crippen molar-refractivity contribution in [1.82, 2.24) is 5.32 Å². The minimum Gasteiger partial charge on any atom is -0.343 e. The van der Waals surface area contributed by atoms with Gasteiger partial charge < -0.3 is 10.6 Å². The molecule has 0 unspecified atom stereocenters. The Balaban J connectivity index is 1.99. The number of nitrogens with one attached hydrogen (secondary N) is 2. The SMILES string of the molecule is O=C(CSc1ccccc1F)Nc1ccccc1C(=O)NCC(F)(F)F. The lowest BCUT2D eigenvalue weighted by Gasteiger charge is -2.12. The van der Waals surface area contributed by atoms with Gasteiger partial charge in [-0.15, -0.1) is 11.8 Å². The number of carbonyl (C=O) groups excluding carboxylic acids is 2. The number of halogens is 4. The van der Waals surface area contributed by atoms with Gasteiger partial charge in [0.05, 0.1) is 17.0 Å². The normalized spacial score (nSPS) is 11.1. The fraction of sp³-hybridized carbons (Fsp3) is 0.176. The molecule has 0 bridgehead atoms. The molecule has 0 aliphatic rings. The molecule has 138 valence electrons. The fourth-order valence-corrected chi connectivity index (χ4v) is 2.70. The standard InChI is InChI=1S/C17H14F4N2O2S/c18-12-6-2-4-8-14(12)26-9-15(24)23-13-7-3-1-5-11(13)16(25)22-10-17(19,20)21/h1-8H,9-10H2,(H,22,25)(H,23,24). The molecule has 0 aliphatic carbocycles. The van der Waals surface area contributed by atoms with Crippen LogP contribution in [0, 0.1) is 5.82 Å². The Morgan fingerprint density at radius 2 is 1.65 bits per heavy atom. The highest BCUT2D eigenvalue weighted by Gasteiger charge is 2.28. The van der Waals surface area contributed by atoms with Crippen LogP contribution in [0.2, 0.25) is 0 Å². The van der Waals surface area contributed by atoms with Gasteiger partial charge in [0.15, 0.2) is 0 Å². The Morgan fingerprint density at radius 3 is 2.35 bits per heavy atom. The second-order valence-corrected chi connectivity index (χ2v) is 6.13. The van der Waals surface area contributed by atoms with Crippen LogP contribution < -0.4 is 10.6 Å². The average Bonchev–Trinajstić information content (AvgIpc) is 2.59. The number of thioether (sulfide) groups is 1. The van der Waals surface area contributed by atoms with Gasteiger partial charge >= 0.3 is 6.18 Å². The number of anilines is 1. The molecule has 0 atom stereocenters. The summed E-state index contributed by atoms with van der Waals surface area (Å²) < 4.78 is 50.2. The molecule has 9 heteroatoms. The molecular formula is C17H14F4N2O2S.